The lowest BCUT2D eigenvalue weighted by atomic mass is 9.94. The first-order valence-corrected chi connectivity index (χ1v) is 9.43. The highest BCUT2D eigenvalue weighted by Crippen LogP contribution is 2.44. The zero-order valence-electron chi connectivity index (χ0n) is 14.7. The zero-order chi connectivity index (χ0) is 19.5. The van der Waals surface area contributed by atoms with E-state index in [0.29, 0.717) is 11.1 Å². The Morgan fingerprint density at radius 1 is 1.00 bits per heavy atom. The van der Waals surface area contributed by atoms with Gasteiger partial charge < -0.3 is 16.0 Å². The highest BCUT2D eigenvalue weighted by atomic mass is 32.2. The summed E-state index contributed by atoms with van der Waals surface area (Å²) in [5, 5.41) is 28.2. The van der Waals surface area contributed by atoms with Gasteiger partial charge in [0.2, 0.25) is 0 Å². The number of guanidine groups is 1. The fraction of sp³-hybridized carbons (Fsp3) is 0.0476. The fourth-order valence-electron chi connectivity index (χ4n) is 3.12. The van der Waals surface area contributed by atoms with Gasteiger partial charge in [0.25, 0.3) is 5.96 Å². The normalized spacial score (nSPS) is 16.5. The van der Waals surface area contributed by atoms with Crippen molar-refractivity contribution in [2.45, 2.75) is 5.37 Å². The van der Waals surface area contributed by atoms with E-state index in [0.717, 1.165) is 16.7 Å². The molecule has 1 radical (unpaired) electrons. The zero-order valence-corrected chi connectivity index (χ0v) is 15.5. The SMILES string of the molecule is NC(=NO)N1N=[C]SC1c1cc(-c2ccccc2)c(O)c(-c2ccccc2)c1. The number of phenolic OH excluding ortho intramolecular Hbond substituents is 1. The Hall–Kier alpha value is -3.45. The molecule has 0 aromatic heterocycles. The molecule has 1 unspecified atom stereocenters. The lowest BCUT2D eigenvalue weighted by Crippen LogP contribution is -2.33. The lowest BCUT2D eigenvalue weighted by Gasteiger charge is -2.23. The van der Waals surface area contributed by atoms with E-state index < -0.39 is 0 Å². The van der Waals surface area contributed by atoms with Gasteiger partial charge in [-0.05, 0) is 34.0 Å². The summed E-state index contributed by atoms with van der Waals surface area (Å²) in [5.74, 6) is 0.0717. The number of oxime groups is 1. The van der Waals surface area contributed by atoms with Crippen molar-refractivity contribution < 1.29 is 10.3 Å². The van der Waals surface area contributed by atoms with Crippen molar-refractivity contribution in [3.8, 4) is 28.0 Å². The van der Waals surface area contributed by atoms with Crippen molar-refractivity contribution in [3.05, 3.63) is 78.4 Å². The number of thioether (sulfide) groups is 1. The third-order valence-corrected chi connectivity index (χ3v) is 5.34. The summed E-state index contributed by atoms with van der Waals surface area (Å²) in [6, 6.07) is 23.1. The maximum atomic E-state index is 11.0. The summed E-state index contributed by atoms with van der Waals surface area (Å²) in [6.07, 6.45) is 0. The van der Waals surface area contributed by atoms with Crippen LogP contribution in [-0.2, 0) is 0 Å². The van der Waals surface area contributed by atoms with E-state index in [9.17, 15) is 5.11 Å². The number of hydrogen-bond acceptors (Lipinski definition) is 5. The van der Waals surface area contributed by atoms with Crippen LogP contribution < -0.4 is 5.73 Å². The minimum Gasteiger partial charge on any atom is -0.507 e. The predicted molar refractivity (Wildman–Crippen MR) is 112 cm³/mol. The van der Waals surface area contributed by atoms with Gasteiger partial charge in [0, 0.05) is 11.1 Å². The van der Waals surface area contributed by atoms with Crippen molar-refractivity contribution in [3.63, 3.8) is 0 Å². The molecule has 0 saturated heterocycles. The summed E-state index contributed by atoms with van der Waals surface area (Å²) < 4.78 is 0. The molecule has 0 amide bonds. The van der Waals surface area contributed by atoms with Gasteiger partial charge in [0.1, 0.15) is 11.1 Å². The highest BCUT2D eigenvalue weighted by Gasteiger charge is 2.29. The molecule has 1 aliphatic rings. The summed E-state index contributed by atoms with van der Waals surface area (Å²) in [4.78, 5) is 0. The van der Waals surface area contributed by atoms with Gasteiger partial charge in [-0.2, -0.15) is 5.10 Å². The molecule has 1 heterocycles. The van der Waals surface area contributed by atoms with Gasteiger partial charge in [-0.15, -0.1) is 0 Å². The maximum absolute atomic E-state index is 11.0. The Bertz CT molecular complexity index is 978. The van der Waals surface area contributed by atoms with E-state index in [1.165, 1.54) is 16.8 Å². The summed E-state index contributed by atoms with van der Waals surface area (Å²) in [5.41, 5.74) is 12.6. The average Bonchev–Trinajstić information content (AvgIpc) is 3.24. The molecule has 28 heavy (non-hydrogen) atoms. The summed E-state index contributed by atoms with van der Waals surface area (Å²) in [7, 11) is 0. The van der Waals surface area contributed by atoms with Gasteiger partial charge in [0.15, 0.2) is 5.55 Å². The molecule has 4 N–H and O–H groups in total. The van der Waals surface area contributed by atoms with E-state index in [1.807, 2.05) is 72.8 Å². The van der Waals surface area contributed by atoms with Crippen LogP contribution in [0.1, 0.15) is 10.9 Å². The topological polar surface area (TPSA) is 94.4 Å². The number of nitrogens with zero attached hydrogens (tertiary/aromatic N) is 3. The molecular weight excluding hydrogens is 372 g/mol. The quantitative estimate of drug-likeness (QED) is 0.269. The summed E-state index contributed by atoms with van der Waals surface area (Å²) in [6.45, 7) is 0. The van der Waals surface area contributed by atoms with Gasteiger partial charge >= 0.3 is 0 Å². The van der Waals surface area contributed by atoms with Crippen molar-refractivity contribution in [1.82, 2.24) is 5.01 Å². The van der Waals surface area contributed by atoms with Crippen molar-refractivity contribution >= 4 is 23.3 Å². The van der Waals surface area contributed by atoms with Gasteiger partial charge in [-0.1, -0.05) is 72.4 Å². The third-order valence-electron chi connectivity index (χ3n) is 4.46. The smallest absolute Gasteiger partial charge is 0.255 e. The highest BCUT2D eigenvalue weighted by molar-refractivity contribution is 8.12. The average molecular weight is 389 g/mol. The van der Waals surface area contributed by atoms with Crippen molar-refractivity contribution in [1.29, 1.82) is 0 Å². The molecular formula is C21H17N4O2S. The van der Waals surface area contributed by atoms with E-state index in [2.05, 4.69) is 15.8 Å². The van der Waals surface area contributed by atoms with Crippen LogP contribution in [0.2, 0.25) is 0 Å². The van der Waals surface area contributed by atoms with Gasteiger partial charge in [-0.25, -0.2) is 5.01 Å². The molecule has 0 spiro atoms. The second-order valence-electron chi connectivity index (χ2n) is 6.16. The second kappa shape index (κ2) is 7.66. The first kappa shape index (κ1) is 17.9. The molecule has 0 aliphatic carbocycles. The maximum Gasteiger partial charge on any atom is 0.255 e. The minimum absolute atomic E-state index is 0.127. The number of hydrogen-bond donors (Lipinski definition) is 3. The van der Waals surface area contributed by atoms with Crippen molar-refractivity contribution in [2.24, 2.45) is 16.0 Å². The molecule has 3 aromatic carbocycles. The molecule has 1 atom stereocenters. The number of benzene rings is 3. The molecule has 0 fully saturated rings. The Labute approximate surface area is 166 Å². The Balaban J connectivity index is 1.90. The molecule has 7 heteroatoms. The van der Waals surface area contributed by atoms with Crippen molar-refractivity contribution in [2.75, 3.05) is 0 Å². The standard InChI is InChI=1S/C21H17N4O2S/c22-21(24-27)25-20(28-13-23-25)16-11-17(14-7-3-1-4-8-14)19(26)18(12-16)15-9-5-2-6-10-15/h1-12,20,26-27H,(H2,22,24). The monoisotopic (exact) mass is 389 g/mol. The predicted octanol–water partition coefficient (Wildman–Crippen LogP) is 4.30. The number of phenols is 1. The van der Waals surface area contributed by atoms with Crippen LogP contribution in [0.4, 0.5) is 0 Å². The fourth-order valence-corrected chi connectivity index (χ4v) is 3.88. The molecule has 139 valence electrons. The largest absolute Gasteiger partial charge is 0.507 e. The van der Waals surface area contributed by atoms with E-state index in [1.54, 1.807) is 0 Å². The molecule has 1 aliphatic heterocycles. The molecule has 6 nitrogen and oxygen atoms in total. The number of hydrazone groups is 1. The van der Waals surface area contributed by atoms with Crippen LogP contribution in [0.25, 0.3) is 22.3 Å². The Kier molecular flexibility index (Phi) is 4.90. The number of rotatable bonds is 3. The Morgan fingerprint density at radius 2 is 1.54 bits per heavy atom. The number of nitrogens with two attached hydrogens (primary N) is 1. The first-order chi connectivity index (χ1) is 13.7. The molecule has 0 bridgehead atoms. The van der Waals surface area contributed by atoms with Crippen LogP contribution in [0, 0.1) is 0 Å². The van der Waals surface area contributed by atoms with Crippen LogP contribution in [0.5, 0.6) is 5.75 Å². The Morgan fingerprint density at radius 3 is 2.04 bits per heavy atom. The lowest BCUT2D eigenvalue weighted by molar-refractivity contribution is 0.298. The third kappa shape index (κ3) is 3.27. The molecule has 0 saturated carbocycles. The van der Waals surface area contributed by atoms with E-state index in [-0.39, 0.29) is 17.1 Å². The van der Waals surface area contributed by atoms with Gasteiger partial charge in [-0.3, -0.25) is 0 Å². The second-order valence-corrected chi connectivity index (χ2v) is 7.03. The minimum atomic E-state index is -0.360. The first-order valence-electron chi connectivity index (χ1n) is 8.55. The number of aromatic hydroxyl groups is 1. The van der Waals surface area contributed by atoms with E-state index in [4.69, 9.17) is 10.9 Å². The van der Waals surface area contributed by atoms with Crippen LogP contribution in [0.15, 0.2) is 83.1 Å². The summed E-state index contributed by atoms with van der Waals surface area (Å²) >= 11 is 1.32. The molecule has 3 aromatic rings. The van der Waals surface area contributed by atoms with Crippen LogP contribution in [-0.4, -0.2) is 26.8 Å². The van der Waals surface area contributed by atoms with Crippen LogP contribution in [0.3, 0.4) is 0 Å². The van der Waals surface area contributed by atoms with Gasteiger partial charge in [0.05, 0.1) is 0 Å². The molecule has 4 rings (SSSR count). The van der Waals surface area contributed by atoms with Crippen LogP contribution >= 0.6 is 11.8 Å². The van der Waals surface area contributed by atoms with E-state index >= 15 is 0 Å².